The van der Waals surface area contributed by atoms with Gasteiger partial charge in [0.25, 0.3) is 0 Å². The van der Waals surface area contributed by atoms with Gasteiger partial charge in [-0.05, 0) is 49.1 Å². The van der Waals surface area contributed by atoms with E-state index in [1.807, 2.05) is 24.4 Å². The van der Waals surface area contributed by atoms with E-state index in [0.29, 0.717) is 6.42 Å². The molecule has 1 aliphatic carbocycles. The maximum absolute atomic E-state index is 12.8. The zero-order valence-electron chi connectivity index (χ0n) is 17.2. The van der Waals surface area contributed by atoms with E-state index in [1.54, 1.807) is 0 Å². The highest BCUT2D eigenvalue weighted by Crippen LogP contribution is 2.40. The van der Waals surface area contributed by atoms with Crippen LogP contribution in [0, 0.1) is 12.3 Å². The Morgan fingerprint density at radius 2 is 2.00 bits per heavy atom. The Kier molecular flexibility index (Phi) is 5.09. The van der Waals surface area contributed by atoms with Crippen molar-refractivity contribution in [2.45, 2.75) is 58.9 Å². The SMILES string of the molecule is Cc1ccccc1CC(=O)N[C@@H]1CC(C)(C)Cc2nc(N3CCCC3)ncc21. The van der Waals surface area contributed by atoms with Crippen molar-refractivity contribution < 1.29 is 4.79 Å². The molecule has 0 unspecified atom stereocenters. The van der Waals surface area contributed by atoms with E-state index < -0.39 is 0 Å². The van der Waals surface area contributed by atoms with Crippen molar-refractivity contribution in [3.63, 3.8) is 0 Å². The van der Waals surface area contributed by atoms with Crippen LogP contribution in [-0.2, 0) is 17.6 Å². The van der Waals surface area contributed by atoms with Crippen LogP contribution in [0.3, 0.4) is 0 Å². The predicted molar refractivity (Wildman–Crippen MR) is 111 cm³/mol. The fraction of sp³-hybridized carbons (Fsp3) is 0.522. The minimum absolute atomic E-state index is 0.0251. The van der Waals surface area contributed by atoms with Gasteiger partial charge in [0.05, 0.1) is 18.2 Å². The number of hydrogen-bond donors (Lipinski definition) is 1. The number of amides is 1. The van der Waals surface area contributed by atoms with Gasteiger partial charge in [0, 0.05) is 24.8 Å². The molecule has 2 aliphatic rings. The van der Waals surface area contributed by atoms with Gasteiger partial charge in [0.2, 0.25) is 11.9 Å². The Hall–Kier alpha value is -2.43. The summed E-state index contributed by atoms with van der Waals surface area (Å²) in [6, 6.07) is 8.05. The second-order valence-electron chi connectivity index (χ2n) is 9.03. The standard InChI is InChI=1S/C23H30N4O/c1-16-8-4-5-9-17(16)12-21(28)25-19-13-23(2,3)14-20-18(19)15-24-22(26-20)27-10-6-7-11-27/h4-5,8-9,15,19H,6-7,10-14H2,1-3H3,(H,25,28)/t19-/m1/s1. The zero-order valence-corrected chi connectivity index (χ0v) is 17.2. The average molecular weight is 379 g/mol. The largest absolute Gasteiger partial charge is 0.349 e. The van der Waals surface area contributed by atoms with Crippen molar-refractivity contribution in [3.05, 3.63) is 52.8 Å². The lowest BCUT2D eigenvalue weighted by Gasteiger charge is -2.36. The van der Waals surface area contributed by atoms with Gasteiger partial charge in [-0.2, -0.15) is 0 Å². The summed E-state index contributed by atoms with van der Waals surface area (Å²) in [6.07, 6.45) is 6.62. The number of aromatic nitrogens is 2. The molecule has 1 aromatic heterocycles. The normalized spacial score (nSPS) is 20.7. The summed E-state index contributed by atoms with van der Waals surface area (Å²) in [4.78, 5) is 24.6. The Bertz CT molecular complexity index is 871. The van der Waals surface area contributed by atoms with E-state index in [-0.39, 0.29) is 17.4 Å². The van der Waals surface area contributed by atoms with Crippen LogP contribution in [0.4, 0.5) is 5.95 Å². The topological polar surface area (TPSA) is 58.1 Å². The van der Waals surface area contributed by atoms with Gasteiger partial charge < -0.3 is 10.2 Å². The van der Waals surface area contributed by atoms with E-state index in [0.717, 1.165) is 54.3 Å². The van der Waals surface area contributed by atoms with Crippen LogP contribution in [0.1, 0.15) is 61.5 Å². The molecule has 0 bridgehead atoms. The van der Waals surface area contributed by atoms with Gasteiger partial charge in [-0.15, -0.1) is 0 Å². The summed E-state index contributed by atoms with van der Waals surface area (Å²) in [7, 11) is 0. The number of rotatable bonds is 4. The van der Waals surface area contributed by atoms with Crippen LogP contribution in [0.25, 0.3) is 0 Å². The van der Waals surface area contributed by atoms with Crippen LogP contribution in [0.15, 0.2) is 30.5 Å². The zero-order chi connectivity index (χ0) is 19.7. The molecule has 2 aromatic rings. The number of fused-ring (bicyclic) bond motifs is 1. The van der Waals surface area contributed by atoms with E-state index in [2.05, 4.69) is 42.0 Å². The number of benzene rings is 1. The van der Waals surface area contributed by atoms with E-state index in [1.165, 1.54) is 12.8 Å². The molecule has 0 spiro atoms. The molecule has 1 saturated heterocycles. The van der Waals surface area contributed by atoms with Crippen LogP contribution in [0.2, 0.25) is 0 Å². The molecular formula is C23H30N4O. The Labute approximate surface area is 167 Å². The Balaban J connectivity index is 1.54. The monoisotopic (exact) mass is 378 g/mol. The van der Waals surface area contributed by atoms with Crippen LogP contribution in [0.5, 0.6) is 0 Å². The molecule has 1 aromatic carbocycles. The van der Waals surface area contributed by atoms with E-state index >= 15 is 0 Å². The number of carbonyl (C=O) groups excluding carboxylic acids is 1. The second kappa shape index (κ2) is 7.53. The highest BCUT2D eigenvalue weighted by atomic mass is 16.1. The quantitative estimate of drug-likeness (QED) is 0.880. The number of nitrogens with zero attached hydrogens (tertiary/aromatic N) is 3. The second-order valence-corrected chi connectivity index (χ2v) is 9.03. The molecule has 1 atom stereocenters. The highest BCUT2D eigenvalue weighted by Gasteiger charge is 2.35. The number of aryl methyl sites for hydroxylation is 1. The van der Waals surface area contributed by atoms with Gasteiger partial charge in [0.15, 0.2) is 0 Å². The minimum atomic E-state index is -0.0251. The molecule has 5 heteroatoms. The minimum Gasteiger partial charge on any atom is -0.349 e. The molecule has 1 amide bonds. The number of hydrogen-bond acceptors (Lipinski definition) is 4. The van der Waals surface area contributed by atoms with Crippen molar-refractivity contribution >= 4 is 11.9 Å². The van der Waals surface area contributed by atoms with Crippen LogP contribution >= 0.6 is 0 Å². The summed E-state index contributed by atoms with van der Waals surface area (Å²) in [5, 5.41) is 3.26. The molecule has 28 heavy (non-hydrogen) atoms. The molecule has 1 aliphatic heterocycles. The van der Waals surface area contributed by atoms with Gasteiger partial charge in [-0.25, -0.2) is 9.97 Å². The smallest absolute Gasteiger partial charge is 0.225 e. The fourth-order valence-corrected chi connectivity index (χ4v) is 4.46. The Morgan fingerprint density at radius 3 is 2.75 bits per heavy atom. The highest BCUT2D eigenvalue weighted by molar-refractivity contribution is 5.79. The molecular weight excluding hydrogens is 348 g/mol. The molecule has 0 saturated carbocycles. The van der Waals surface area contributed by atoms with Crippen molar-refractivity contribution in [2.75, 3.05) is 18.0 Å². The summed E-state index contributed by atoms with van der Waals surface area (Å²) >= 11 is 0. The van der Waals surface area contributed by atoms with E-state index in [9.17, 15) is 4.79 Å². The van der Waals surface area contributed by atoms with Crippen molar-refractivity contribution in [2.24, 2.45) is 5.41 Å². The van der Waals surface area contributed by atoms with Crippen molar-refractivity contribution in [3.8, 4) is 0 Å². The van der Waals surface area contributed by atoms with Gasteiger partial charge >= 0.3 is 0 Å². The lowest BCUT2D eigenvalue weighted by Crippen LogP contribution is -2.38. The summed E-state index contributed by atoms with van der Waals surface area (Å²) < 4.78 is 0. The number of anilines is 1. The molecule has 1 fully saturated rings. The Morgan fingerprint density at radius 1 is 1.25 bits per heavy atom. The van der Waals surface area contributed by atoms with E-state index in [4.69, 9.17) is 4.98 Å². The number of nitrogens with one attached hydrogen (secondary N) is 1. The summed E-state index contributed by atoms with van der Waals surface area (Å²) in [5.41, 5.74) is 4.51. The molecule has 1 N–H and O–H groups in total. The maximum Gasteiger partial charge on any atom is 0.225 e. The van der Waals surface area contributed by atoms with Crippen LogP contribution in [-0.4, -0.2) is 29.0 Å². The summed E-state index contributed by atoms with van der Waals surface area (Å²) in [6.45, 7) is 8.65. The molecule has 0 radical (unpaired) electrons. The molecule has 5 nitrogen and oxygen atoms in total. The van der Waals surface area contributed by atoms with Crippen molar-refractivity contribution in [1.29, 1.82) is 0 Å². The average Bonchev–Trinajstić information content (AvgIpc) is 3.17. The third-order valence-electron chi connectivity index (χ3n) is 6.00. The maximum atomic E-state index is 12.8. The first kappa shape index (κ1) is 18.9. The molecule has 2 heterocycles. The fourth-order valence-electron chi connectivity index (χ4n) is 4.46. The summed E-state index contributed by atoms with van der Waals surface area (Å²) in [5.74, 6) is 0.908. The van der Waals surface area contributed by atoms with Gasteiger partial charge in [-0.3, -0.25) is 4.79 Å². The predicted octanol–water partition coefficient (Wildman–Crippen LogP) is 3.76. The van der Waals surface area contributed by atoms with Crippen LogP contribution < -0.4 is 10.2 Å². The lowest BCUT2D eigenvalue weighted by molar-refractivity contribution is -0.121. The first-order chi connectivity index (χ1) is 13.4. The third kappa shape index (κ3) is 4.03. The van der Waals surface area contributed by atoms with Gasteiger partial charge in [0.1, 0.15) is 0 Å². The van der Waals surface area contributed by atoms with Gasteiger partial charge in [-0.1, -0.05) is 38.1 Å². The third-order valence-corrected chi connectivity index (χ3v) is 6.00. The number of carbonyl (C=O) groups is 1. The first-order valence-corrected chi connectivity index (χ1v) is 10.4. The molecule has 148 valence electrons. The first-order valence-electron chi connectivity index (χ1n) is 10.4. The molecule has 4 rings (SSSR count). The van der Waals surface area contributed by atoms with Crippen molar-refractivity contribution in [1.82, 2.24) is 15.3 Å². The lowest BCUT2D eigenvalue weighted by atomic mass is 9.74.